The number of para-hydroxylation sites is 2. The van der Waals surface area contributed by atoms with Gasteiger partial charge in [0.2, 0.25) is 10.0 Å². The van der Waals surface area contributed by atoms with Gasteiger partial charge in [0.15, 0.2) is 5.69 Å². The van der Waals surface area contributed by atoms with Gasteiger partial charge >= 0.3 is 5.97 Å². The lowest BCUT2D eigenvalue weighted by Gasteiger charge is -2.35. The maximum Gasteiger partial charge on any atom is 0.357 e. The number of nitrogens with two attached hydrogens (primary N) is 1. The van der Waals surface area contributed by atoms with Crippen molar-refractivity contribution in [2.45, 2.75) is 4.90 Å². The molecule has 2 heterocycles. The number of anilines is 2. The number of aromatic nitrogens is 1. The number of nitrogens with zero attached hydrogens (tertiary/aromatic N) is 4. The normalized spacial score (nSPS) is 14.4. The smallest absolute Gasteiger partial charge is 0.357 e. The highest BCUT2D eigenvalue weighted by Gasteiger charge is 2.29. The molecule has 0 bridgehead atoms. The molecule has 0 amide bonds. The molecule has 2 N–H and O–H groups in total. The molecule has 0 unspecified atom stereocenters. The Bertz CT molecular complexity index is 1380. The molecule has 10 nitrogen and oxygen atoms in total. The van der Waals surface area contributed by atoms with E-state index in [2.05, 4.69) is 4.90 Å². The van der Waals surface area contributed by atoms with Crippen LogP contribution in [-0.4, -0.2) is 63.7 Å². The van der Waals surface area contributed by atoms with Crippen molar-refractivity contribution in [1.29, 1.82) is 5.26 Å². The first-order valence-corrected chi connectivity index (χ1v) is 12.2. The topological polar surface area (TPSA) is 131 Å². The second kappa shape index (κ2) is 9.69. The number of rotatable bonds is 6. The van der Waals surface area contributed by atoms with Gasteiger partial charge in [-0.15, -0.1) is 0 Å². The van der Waals surface area contributed by atoms with Crippen molar-refractivity contribution in [1.82, 2.24) is 8.87 Å². The van der Waals surface area contributed by atoms with E-state index in [9.17, 15) is 18.5 Å². The number of ether oxygens (including phenoxy) is 2. The summed E-state index contributed by atoms with van der Waals surface area (Å²) in [4.78, 5) is 14.4. The van der Waals surface area contributed by atoms with Gasteiger partial charge in [-0.3, -0.25) is 0 Å². The molecule has 0 aliphatic carbocycles. The minimum atomic E-state index is -3.72. The number of nitriles is 1. The molecular weight excluding hydrogens is 470 g/mol. The van der Waals surface area contributed by atoms with Gasteiger partial charge < -0.3 is 24.7 Å². The molecule has 1 fully saturated rings. The van der Waals surface area contributed by atoms with Crippen LogP contribution in [0.15, 0.2) is 59.6 Å². The van der Waals surface area contributed by atoms with Gasteiger partial charge in [-0.2, -0.15) is 9.57 Å². The van der Waals surface area contributed by atoms with Crippen LogP contribution in [0.2, 0.25) is 0 Å². The van der Waals surface area contributed by atoms with Crippen molar-refractivity contribution < 1.29 is 22.7 Å². The van der Waals surface area contributed by atoms with E-state index < -0.39 is 16.0 Å². The van der Waals surface area contributed by atoms with Crippen LogP contribution in [0.3, 0.4) is 0 Å². The van der Waals surface area contributed by atoms with E-state index >= 15 is 0 Å². The van der Waals surface area contributed by atoms with Crippen molar-refractivity contribution in [2.24, 2.45) is 0 Å². The number of piperazine rings is 1. The first kappa shape index (κ1) is 24.1. The Balaban J connectivity index is 1.54. The Morgan fingerprint density at radius 3 is 2.29 bits per heavy atom. The van der Waals surface area contributed by atoms with Crippen molar-refractivity contribution in [3.63, 3.8) is 0 Å². The third-order valence-corrected chi connectivity index (χ3v) is 7.87. The lowest BCUT2D eigenvalue weighted by molar-refractivity contribution is 0.0593. The number of hydrogen-bond donors (Lipinski definition) is 1. The molecule has 4 rings (SSSR count). The van der Waals surface area contributed by atoms with Crippen molar-refractivity contribution in [3.05, 3.63) is 66.0 Å². The lowest BCUT2D eigenvalue weighted by atomic mass is 10.2. The second-order valence-corrected chi connectivity index (χ2v) is 9.77. The highest BCUT2D eigenvalue weighted by atomic mass is 32.2. The van der Waals surface area contributed by atoms with Crippen LogP contribution in [0.1, 0.15) is 16.1 Å². The first-order chi connectivity index (χ1) is 16.8. The van der Waals surface area contributed by atoms with Gasteiger partial charge in [0.1, 0.15) is 11.8 Å². The quantitative estimate of drug-likeness (QED) is 0.515. The van der Waals surface area contributed by atoms with Gasteiger partial charge in [0, 0.05) is 38.1 Å². The molecule has 2 aromatic carbocycles. The molecule has 0 saturated carbocycles. The van der Waals surface area contributed by atoms with Crippen molar-refractivity contribution in [2.75, 3.05) is 51.0 Å². The standard InChI is InChI=1S/C24H25N5O5S/c1-33-21-6-4-3-5-20(21)27-11-13-28(14-12-27)35(31,32)19-9-7-18(8-10-19)29-16-17(15-25)22(26)23(29)24(30)34-2/h3-10,16H,11-14,26H2,1-2H3. The average molecular weight is 496 g/mol. The molecule has 3 aromatic rings. The molecule has 11 heteroatoms. The third-order valence-electron chi connectivity index (χ3n) is 5.96. The van der Waals surface area contributed by atoms with Crippen molar-refractivity contribution in [3.8, 4) is 17.5 Å². The van der Waals surface area contributed by atoms with E-state index in [1.807, 2.05) is 30.3 Å². The van der Waals surface area contributed by atoms with Crippen LogP contribution < -0.4 is 15.4 Å². The van der Waals surface area contributed by atoms with Crippen LogP contribution in [0, 0.1) is 11.3 Å². The molecule has 1 aliphatic rings. The highest BCUT2D eigenvalue weighted by Crippen LogP contribution is 2.30. The fraction of sp³-hybridized carbons (Fsp3) is 0.250. The predicted molar refractivity (Wildman–Crippen MR) is 130 cm³/mol. The molecule has 1 saturated heterocycles. The summed E-state index contributed by atoms with van der Waals surface area (Å²) in [5.41, 5.74) is 7.47. The first-order valence-electron chi connectivity index (χ1n) is 10.8. The zero-order valence-corrected chi connectivity index (χ0v) is 20.2. The number of methoxy groups -OCH3 is 2. The minimum absolute atomic E-state index is 0.00367. The van der Waals surface area contributed by atoms with Crippen LogP contribution in [0.5, 0.6) is 5.75 Å². The van der Waals surface area contributed by atoms with Crippen LogP contribution in [-0.2, 0) is 14.8 Å². The second-order valence-electron chi connectivity index (χ2n) is 7.84. The SMILES string of the molecule is COC(=O)c1c(N)c(C#N)cn1-c1ccc(S(=O)(=O)N2CCN(c3ccccc3OC)CC2)cc1. The number of sulfonamides is 1. The summed E-state index contributed by atoms with van der Waals surface area (Å²) in [5.74, 6) is 0.0459. The number of hydrogen-bond acceptors (Lipinski definition) is 8. The molecule has 0 radical (unpaired) electrons. The van der Waals surface area contributed by atoms with E-state index in [0.29, 0.717) is 31.9 Å². The summed E-state index contributed by atoms with van der Waals surface area (Å²) in [5, 5.41) is 9.28. The monoisotopic (exact) mass is 495 g/mol. The van der Waals surface area contributed by atoms with E-state index in [-0.39, 0.29) is 21.8 Å². The average Bonchev–Trinajstić information content (AvgIpc) is 3.24. The minimum Gasteiger partial charge on any atom is -0.495 e. The summed E-state index contributed by atoms with van der Waals surface area (Å²) in [6.07, 6.45) is 1.42. The van der Waals surface area contributed by atoms with Crippen LogP contribution in [0.4, 0.5) is 11.4 Å². The molecule has 0 atom stereocenters. The molecule has 0 spiro atoms. The molecule has 1 aromatic heterocycles. The Morgan fingerprint density at radius 2 is 1.69 bits per heavy atom. The van der Waals surface area contributed by atoms with Crippen LogP contribution in [0.25, 0.3) is 5.69 Å². The number of nitrogen functional groups attached to an aromatic ring is 1. The summed E-state index contributed by atoms with van der Waals surface area (Å²) in [7, 11) is -0.895. The maximum absolute atomic E-state index is 13.3. The highest BCUT2D eigenvalue weighted by molar-refractivity contribution is 7.89. The summed E-state index contributed by atoms with van der Waals surface area (Å²) < 4.78 is 39.6. The largest absolute Gasteiger partial charge is 0.495 e. The molecule has 35 heavy (non-hydrogen) atoms. The Hall–Kier alpha value is -4.01. The third kappa shape index (κ3) is 4.41. The fourth-order valence-electron chi connectivity index (χ4n) is 4.11. The number of benzene rings is 2. The van der Waals surface area contributed by atoms with E-state index in [0.717, 1.165) is 11.4 Å². The number of carbonyl (C=O) groups is 1. The summed E-state index contributed by atoms with van der Waals surface area (Å²) in [6.45, 7) is 1.71. The molecule has 1 aliphatic heterocycles. The van der Waals surface area contributed by atoms with E-state index in [1.165, 1.54) is 34.3 Å². The molecule has 182 valence electrons. The van der Waals surface area contributed by atoms with E-state index in [4.69, 9.17) is 15.2 Å². The maximum atomic E-state index is 13.3. The van der Waals surface area contributed by atoms with Gasteiger partial charge in [0.25, 0.3) is 0 Å². The Morgan fingerprint density at radius 1 is 1.03 bits per heavy atom. The Kier molecular flexibility index (Phi) is 6.68. The lowest BCUT2D eigenvalue weighted by Crippen LogP contribution is -2.48. The fourth-order valence-corrected chi connectivity index (χ4v) is 5.53. The van der Waals surface area contributed by atoms with Gasteiger partial charge in [-0.1, -0.05) is 12.1 Å². The molecular formula is C24H25N5O5S. The predicted octanol–water partition coefficient (Wildman–Crippen LogP) is 2.24. The van der Waals surface area contributed by atoms with Crippen molar-refractivity contribution >= 4 is 27.4 Å². The van der Waals surface area contributed by atoms with Gasteiger partial charge in [-0.25, -0.2) is 13.2 Å². The van der Waals surface area contributed by atoms with Crippen LogP contribution >= 0.6 is 0 Å². The number of carbonyl (C=O) groups excluding carboxylic acids is 1. The van der Waals surface area contributed by atoms with Gasteiger partial charge in [0.05, 0.1) is 36.1 Å². The zero-order valence-electron chi connectivity index (χ0n) is 19.3. The van der Waals surface area contributed by atoms with E-state index in [1.54, 1.807) is 19.2 Å². The summed E-state index contributed by atoms with van der Waals surface area (Å²) in [6, 6.07) is 15.7. The zero-order chi connectivity index (χ0) is 25.2. The Labute approximate surface area is 203 Å². The number of esters is 1. The summed E-state index contributed by atoms with van der Waals surface area (Å²) >= 11 is 0. The van der Waals surface area contributed by atoms with Gasteiger partial charge in [-0.05, 0) is 36.4 Å².